The van der Waals surface area contributed by atoms with Crippen molar-refractivity contribution in [3.05, 3.63) is 67.6 Å². The van der Waals surface area contributed by atoms with Gasteiger partial charge in [0.2, 0.25) is 0 Å². The zero-order valence-corrected chi connectivity index (χ0v) is 24.1. The van der Waals surface area contributed by atoms with Crippen molar-refractivity contribution in [1.82, 2.24) is 10.2 Å². The van der Waals surface area contributed by atoms with Crippen LogP contribution in [0.1, 0.15) is 12.8 Å². The highest BCUT2D eigenvalue weighted by molar-refractivity contribution is 8.06. The Kier molecular flexibility index (Phi) is 9.00. The molecular formula is C27H38ClN3O2SSi. The van der Waals surface area contributed by atoms with Crippen molar-refractivity contribution in [2.45, 2.75) is 50.8 Å². The lowest BCUT2D eigenvalue weighted by atomic mass is 10.0. The first-order valence-electron chi connectivity index (χ1n) is 12.5. The third-order valence-corrected chi connectivity index (χ3v) is 9.43. The topological polar surface area (TPSA) is 46.1 Å². The normalized spacial score (nSPS) is 22.3. The summed E-state index contributed by atoms with van der Waals surface area (Å²) in [7, 11) is 3.03. The van der Waals surface area contributed by atoms with Crippen LogP contribution in [-0.2, 0) is 9.47 Å². The maximum absolute atomic E-state index is 6.70. The van der Waals surface area contributed by atoms with Crippen molar-refractivity contribution in [1.29, 1.82) is 0 Å². The summed E-state index contributed by atoms with van der Waals surface area (Å²) in [5.41, 5.74) is 5.93. The van der Waals surface area contributed by atoms with E-state index in [9.17, 15) is 0 Å². The molecule has 0 radical (unpaired) electrons. The second-order valence-electron chi connectivity index (χ2n) is 10.8. The second kappa shape index (κ2) is 11.8. The first-order valence-corrected chi connectivity index (χ1v) is 17.4. The van der Waals surface area contributed by atoms with Gasteiger partial charge in [-0.1, -0.05) is 61.2 Å². The zero-order valence-electron chi connectivity index (χ0n) is 21.6. The minimum atomic E-state index is -1.15. The fourth-order valence-corrected chi connectivity index (χ4v) is 6.25. The molecule has 2 heterocycles. The minimum Gasteiger partial charge on any atom is -0.379 e. The van der Waals surface area contributed by atoms with E-state index < -0.39 is 8.07 Å². The number of fused-ring (bicyclic) bond motifs is 3. The number of ether oxygens (including phenoxy) is 2. The van der Waals surface area contributed by atoms with Gasteiger partial charge in [0.05, 0.1) is 17.3 Å². The van der Waals surface area contributed by atoms with Crippen LogP contribution >= 0.6 is 23.4 Å². The van der Waals surface area contributed by atoms with Gasteiger partial charge in [0, 0.05) is 44.4 Å². The van der Waals surface area contributed by atoms with E-state index >= 15 is 0 Å². The van der Waals surface area contributed by atoms with E-state index in [-0.39, 0.29) is 12.3 Å². The summed E-state index contributed by atoms with van der Waals surface area (Å²) in [6, 6.07) is 1.14. The largest absolute Gasteiger partial charge is 0.379 e. The summed E-state index contributed by atoms with van der Waals surface area (Å²) >= 11 is 8.48. The molecule has 0 amide bonds. The molecule has 4 aliphatic rings. The maximum Gasteiger partial charge on any atom is 0.147 e. The molecule has 2 atom stereocenters. The molecule has 0 aromatic rings. The lowest BCUT2D eigenvalue weighted by molar-refractivity contribution is -0.0316. The molecule has 0 fully saturated rings. The summed E-state index contributed by atoms with van der Waals surface area (Å²) in [6.07, 6.45) is 11.9. The van der Waals surface area contributed by atoms with Gasteiger partial charge < -0.3 is 19.7 Å². The molecule has 0 aromatic carbocycles. The Morgan fingerprint density at radius 1 is 1.23 bits per heavy atom. The molecule has 5 nitrogen and oxygen atoms in total. The van der Waals surface area contributed by atoms with Gasteiger partial charge in [-0.05, 0) is 61.3 Å². The van der Waals surface area contributed by atoms with Crippen LogP contribution in [0.5, 0.6) is 0 Å². The SMILES string of the molecule is CN(C)CCCOC(COCC[Si](C)(C)C)C1N=CC2=C(Cl)C=CC3=C4SC=CC=C4CC3=C2N1. The molecular weight excluding hydrogens is 494 g/mol. The van der Waals surface area contributed by atoms with Gasteiger partial charge >= 0.3 is 0 Å². The first kappa shape index (κ1) is 26.7. The number of rotatable bonds is 11. The monoisotopic (exact) mass is 531 g/mol. The molecule has 0 saturated carbocycles. The smallest absolute Gasteiger partial charge is 0.147 e. The Morgan fingerprint density at radius 2 is 2.06 bits per heavy atom. The van der Waals surface area contributed by atoms with E-state index in [1.807, 2.05) is 12.3 Å². The highest BCUT2D eigenvalue weighted by atomic mass is 35.5. The number of hydrogen-bond donors (Lipinski definition) is 1. The number of nitrogens with one attached hydrogen (secondary N) is 1. The van der Waals surface area contributed by atoms with Crippen LogP contribution in [0.3, 0.4) is 0 Å². The Balaban J connectivity index is 1.54. The first-order chi connectivity index (χ1) is 16.7. The quantitative estimate of drug-likeness (QED) is 0.268. The molecule has 190 valence electrons. The van der Waals surface area contributed by atoms with Gasteiger partial charge in [-0.2, -0.15) is 0 Å². The van der Waals surface area contributed by atoms with Gasteiger partial charge in [0.25, 0.3) is 0 Å². The zero-order chi connectivity index (χ0) is 25.0. The molecule has 1 N–H and O–H groups in total. The molecule has 2 unspecified atom stereocenters. The Hall–Kier alpha value is -1.35. The van der Waals surface area contributed by atoms with E-state index in [0.29, 0.717) is 18.2 Å². The van der Waals surface area contributed by atoms with Crippen LogP contribution < -0.4 is 5.32 Å². The summed E-state index contributed by atoms with van der Waals surface area (Å²) in [6.45, 7) is 10.1. The highest BCUT2D eigenvalue weighted by Crippen LogP contribution is 2.48. The minimum absolute atomic E-state index is 0.172. The van der Waals surface area contributed by atoms with Gasteiger partial charge in [-0.15, -0.1) is 0 Å². The summed E-state index contributed by atoms with van der Waals surface area (Å²) < 4.78 is 12.5. The van der Waals surface area contributed by atoms with Gasteiger partial charge in [-0.3, -0.25) is 4.99 Å². The average Bonchev–Trinajstić information content (AvgIpc) is 3.12. The summed E-state index contributed by atoms with van der Waals surface area (Å²) in [4.78, 5) is 8.35. The lowest BCUT2D eigenvalue weighted by Gasteiger charge is -2.31. The standard InChI is InChI=1S/C27H38ClN3O2SSi/c1-31(2)11-7-12-33-24(18-32-13-15-35(3,4)5)27-29-17-22-23(28)10-9-20-21(25(22)30-27)16-19-8-6-14-34-26(19)20/h6,8-10,14,17,24,27,30H,7,11-13,15-16,18H2,1-5H3. The van der Waals surface area contributed by atoms with Crippen LogP contribution in [0.25, 0.3) is 0 Å². The van der Waals surface area contributed by atoms with Crippen molar-refractivity contribution in [2.75, 3.05) is 40.5 Å². The second-order valence-corrected chi connectivity index (χ2v) is 17.8. The van der Waals surface area contributed by atoms with Crippen LogP contribution in [0.4, 0.5) is 0 Å². The average molecular weight is 532 g/mol. The third-order valence-electron chi connectivity index (χ3n) is 6.38. The van der Waals surface area contributed by atoms with Crippen LogP contribution in [-0.4, -0.2) is 71.9 Å². The Morgan fingerprint density at radius 3 is 2.83 bits per heavy atom. The van der Waals surface area contributed by atoms with E-state index in [0.717, 1.165) is 43.3 Å². The molecule has 0 aromatic heterocycles. The third kappa shape index (κ3) is 6.90. The number of allylic oxidation sites excluding steroid dienone is 9. The fraction of sp³-hybridized carbons (Fsp3) is 0.519. The molecule has 35 heavy (non-hydrogen) atoms. The van der Waals surface area contributed by atoms with E-state index in [4.69, 9.17) is 26.1 Å². The number of thioether (sulfide) groups is 1. The fourth-order valence-electron chi connectivity index (χ4n) is 4.38. The lowest BCUT2D eigenvalue weighted by Crippen LogP contribution is -2.45. The van der Waals surface area contributed by atoms with Crippen LogP contribution in [0, 0.1) is 0 Å². The summed E-state index contributed by atoms with van der Waals surface area (Å²) in [5, 5.41) is 6.57. The summed E-state index contributed by atoms with van der Waals surface area (Å²) in [5.74, 6) is 0. The van der Waals surface area contributed by atoms with E-state index in [2.05, 4.69) is 67.6 Å². The van der Waals surface area contributed by atoms with Gasteiger partial charge in [0.1, 0.15) is 12.3 Å². The van der Waals surface area contributed by atoms with Crippen molar-refractivity contribution >= 4 is 37.7 Å². The van der Waals surface area contributed by atoms with Crippen molar-refractivity contribution in [3.63, 3.8) is 0 Å². The van der Waals surface area contributed by atoms with E-state index in [1.165, 1.54) is 21.6 Å². The van der Waals surface area contributed by atoms with Crippen LogP contribution in [0.15, 0.2) is 72.6 Å². The molecule has 0 saturated heterocycles. The molecule has 0 spiro atoms. The van der Waals surface area contributed by atoms with Crippen molar-refractivity contribution < 1.29 is 9.47 Å². The number of aliphatic imine (C=N–C) groups is 1. The van der Waals surface area contributed by atoms with Gasteiger partial charge in [0.15, 0.2) is 0 Å². The van der Waals surface area contributed by atoms with Gasteiger partial charge in [-0.25, -0.2) is 0 Å². The molecule has 4 rings (SSSR count). The predicted octanol–water partition coefficient (Wildman–Crippen LogP) is 5.84. The predicted molar refractivity (Wildman–Crippen MR) is 153 cm³/mol. The molecule has 0 bridgehead atoms. The van der Waals surface area contributed by atoms with Crippen molar-refractivity contribution in [3.8, 4) is 0 Å². The Labute approximate surface area is 220 Å². The van der Waals surface area contributed by atoms with Crippen LogP contribution in [0.2, 0.25) is 25.7 Å². The molecule has 2 aliphatic heterocycles. The van der Waals surface area contributed by atoms with E-state index in [1.54, 1.807) is 11.8 Å². The van der Waals surface area contributed by atoms with Crippen molar-refractivity contribution in [2.24, 2.45) is 4.99 Å². The molecule has 8 heteroatoms. The number of hydrogen-bond acceptors (Lipinski definition) is 6. The Bertz CT molecular complexity index is 1030. The highest BCUT2D eigenvalue weighted by Gasteiger charge is 2.34. The molecule has 2 aliphatic carbocycles. The number of halogens is 1. The maximum atomic E-state index is 6.70. The number of nitrogens with zero attached hydrogens (tertiary/aromatic N) is 2.